The van der Waals surface area contributed by atoms with Crippen molar-refractivity contribution in [1.29, 1.82) is 0 Å². The van der Waals surface area contributed by atoms with Crippen molar-refractivity contribution in [2.75, 3.05) is 13.7 Å². The second-order valence-corrected chi connectivity index (χ2v) is 7.33. The van der Waals surface area contributed by atoms with Crippen LogP contribution in [0.5, 0.6) is 5.75 Å². The molecule has 1 aliphatic heterocycles. The second-order valence-electron chi connectivity index (χ2n) is 7.33. The zero-order chi connectivity index (χ0) is 17.8. The van der Waals surface area contributed by atoms with Gasteiger partial charge in [-0.25, -0.2) is 4.39 Å². The van der Waals surface area contributed by atoms with Crippen LogP contribution in [-0.2, 0) is 4.74 Å². The molecule has 3 rings (SSSR count). The quantitative estimate of drug-likeness (QED) is 0.656. The minimum Gasteiger partial charge on any atom is -0.494 e. The summed E-state index contributed by atoms with van der Waals surface area (Å²) in [6.07, 6.45) is 10.7. The van der Waals surface area contributed by atoms with E-state index >= 15 is 0 Å². The SMILES string of the molecule is CC=CC1CCC(C2CCC(c3ccc(OC)c(F)c3F)CC2)CO1. The van der Waals surface area contributed by atoms with Crippen molar-refractivity contribution in [3.8, 4) is 5.75 Å². The Morgan fingerprint density at radius 2 is 1.72 bits per heavy atom. The van der Waals surface area contributed by atoms with Gasteiger partial charge < -0.3 is 9.47 Å². The van der Waals surface area contributed by atoms with Crippen molar-refractivity contribution < 1.29 is 18.3 Å². The Kier molecular flexibility index (Phi) is 6.10. The number of hydrogen-bond donors (Lipinski definition) is 0. The molecular weight excluding hydrogens is 322 g/mol. The fraction of sp³-hybridized carbons (Fsp3) is 0.619. The third-order valence-corrected chi connectivity index (χ3v) is 5.93. The van der Waals surface area contributed by atoms with Gasteiger partial charge in [0.25, 0.3) is 0 Å². The molecule has 1 saturated heterocycles. The molecule has 0 aromatic heterocycles. The van der Waals surface area contributed by atoms with Gasteiger partial charge in [0, 0.05) is 0 Å². The molecule has 0 bridgehead atoms. The summed E-state index contributed by atoms with van der Waals surface area (Å²) in [6.45, 7) is 2.85. The minimum absolute atomic E-state index is 0.0232. The van der Waals surface area contributed by atoms with Gasteiger partial charge in [0.1, 0.15) is 0 Å². The Balaban J connectivity index is 1.57. The maximum atomic E-state index is 14.3. The van der Waals surface area contributed by atoms with Crippen molar-refractivity contribution in [2.24, 2.45) is 11.8 Å². The van der Waals surface area contributed by atoms with Crippen LogP contribution in [0.4, 0.5) is 8.78 Å². The van der Waals surface area contributed by atoms with E-state index in [1.54, 1.807) is 6.07 Å². The monoisotopic (exact) mass is 350 g/mol. The highest BCUT2D eigenvalue weighted by Gasteiger charge is 2.32. The molecule has 1 saturated carbocycles. The third kappa shape index (κ3) is 4.05. The average molecular weight is 350 g/mol. The van der Waals surface area contributed by atoms with E-state index in [2.05, 4.69) is 12.2 Å². The van der Waals surface area contributed by atoms with Gasteiger partial charge in [-0.1, -0.05) is 18.2 Å². The maximum Gasteiger partial charge on any atom is 0.200 e. The highest BCUT2D eigenvalue weighted by molar-refractivity contribution is 5.33. The van der Waals surface area contributed by atoms with E-state index in [0.29, 0.717) is 17.4 Å². The van der Waals surface area contributed by atoms with Gasteiger partial charge in [-0.15, -0.1) is 0 Å². The predicted octanol–water partition coefficient (Wildman–Crippen LogP) is 5.62. The van der Waals surface area contributed by atoms with Crippen molar-refractivity contribution in [2.45, 2.75) is 57.5 Å². The Morgan fingerprint density at radius 1 is 1.00 bits per heavy atom. The summed E-state index contributed by atoms with van der Waals surface area (Å²) < 4.78 is 39.1. The van der Waals surface area contributed by atoms with E-state index in [1.165, 1.54) is 19.6 Å². The molecule has 2 aliphatic rings. The highest BCUT2D eigenvalue weighted by atomic mass is 19.2. The Morgan fingerprint density at radius 3 is 2.32 bits per heavy atom. The van der Waals surface area contributed by atoms with Gasteiger partial charge in [-0.3, -0.25) is 0 Å². The van der Waals surface area contributed by atoms with Crippen LogP contribution >= 0.6 is 0 Å². The molecule has 1 aliphatic carbocycles. The smallest absolute Gasteiger partial charge is 0.200 e. The van der Waals surface area contributed by atoms with Gasteiger partial charge in [0.05, 0.1) is 19.8 Å². The first-order chi connectivity index (χ1) is 12.1. The number of benzene rings is 1. The van der Waals surface area contributed by atoms with E-state index < -0.39 is 11.6 Å². The van der Waals surface area contributed by atoms with Gasteiger partial charge in [0.15, 0.2) is 11.6 Å². The van der Waals surface area contributed by atoms with Crippen LogP contribution < -0.4 is 4.74 Å². The Bertz CT molecular complexity index is 598. The molecule has 2 fully saturated rings. The molecule has 1 heterocycles. The number of allylic oxidation sites excluding steroid dienone is 1. The lowest BCUT2D eigenvalue weighted by molar-refractivity contribution is -0.0150. The lowest BCUT2D eigenvalue weighted by Crippen LogP contribution is -2.31. The molecule has 0 amide bonds. The third-order valence-electron chi connectivity index (χ3n) is 5.93. The summed E-state index contributed by atoms with van der Waals surface area (Å²) >= 11 is 0. The van der Waals surface area contributed by atoms with Crippen LogP contribution in [-0.4, -0.2) is 19.8 Å². The summed E-state index contributed by atoms with van der Waals surface area (Å²) in [6, 6.07) is 3.23. The van der Waals surface area contributed by atoms with Crippen molar-refractivity contribution in [3.63, 3.8) is 0 Å². The molecule has 2 nitrogen and oxygen atoms in total. The molecule has 4 heteroatoms. The van der Waals surface area contributed by atoms with Crippen LogP contribution in [0.3, 0.4) is 0 Å². The normalized spacial score (nSPS) is 30.6. The molecule has 1 aromatic carbocycles. The van der Waals surface area contributed by atoms with E-state index in [1.807, 2.05) is 6.92 Å². The minimum atomic E-state index is -0.863. The Labute approximate surface area is 149 Å². The van der Waals surface area contributed by atoms with E-state index in [-0.39, 0.29) is 17.8 Å². The summed E-state index contributed by atoms with van der Waals surface area (Å²) in [5, 5.41) is 0. The van der Waals surface area contributed by atoms with Gasteiger partial charge in [-0.05, 0) is 74.8 Å². The summed E-state index contributed by atoms with van der Waals surface area (Å²) in [5.41, 5.74) is 0.504. The molecule has 0 radical (unpaired) electrons. The van der Waals surface area contributed by atoms with Gasteiger partial charge >= 0.3 is 0 Å². The summed E-state index contributed by atoms with van der Waals surface area (Å²) in [5.74, 6) is -0.258. The van der Waals surface area contributed by atoms with Crippen LogP contribution in [0, 0.1) is 23.5 Å². The summed E-state index contributed by atoms with van der Waals surface area (Å²) in [7, 11) is 1.36. The Hall–Kier alpha value is -1.42. The van der Waals surface area contributed by atoms with E-state index in [0.717, 1.165) is 38.7 Å². The first-order valence-corrected chi connectivity index (χ1v) is 9.40. The van der Waals surface area contributed by atoms with Crippen LogP contribution in [0.1, 0.15) is 56.9 Å². The van der Waals surface area contributed by atoms with Crippen LogP contribution in [0.2, 0.25) is 0 Å². The molecule has 138 valence electrons. The number of rotatable bonds is 4. The summed E-state index contributed by atoms with van der Waals surface area (Å²) in [4.78, 5) is 0. The highest BCUT2D eigenvalue weighted by Crippen LogP contribution is 2.42. The number of methoxy groups -OCH3 is 1. The lowest BCUT2D eigenvalue weighted by atomic mass is 9.72. The first kappa shape index (κ1) is 18.4. The molecule has 2 unspecified atom stereocenters. The van der Waals surface area contributed by atoms with E-state index in [4.69, 9.17) is 9.47 Å². The van der Waals surface area contributed by atoms with E-state index in [9.17, 15) is 8.78 Å². The average Bonchev–Trinajstić information content (AvgIpc) is 2.65. The molecule has 0 spiro atoms. The zero-order valence-electron chi connectivity index (χ0n) is 15.1. The van der Waals surface area contributed by atoms with Crippen molar-refractivity contribution >= 4 is 0 Å². The molecule has 25 heavy (non-hydrogen) atoms. The standard InChI is InChI=1S/C21H28F2O2/c1-3-4-17-10-9-16(13-25-17)14-5-7-15(8-6-14)18-11-12-19(24-2)21(23)20(18)22/h3-4,11-12,14-17H,5-10,13H2,1-2H3. The maximum absolute atomic E-state index is 14.3. The molecule has 1 aromatic rings. The van der Waals surface area contributed by atoms with Crippen molar-refractivity contribution in [1.82, 2.24) is 0 Å². The number of halogens is 2. The van der Waals surface area contributed by atoms with Crippen LogP contribution in [0.25, 0.3) is 0 Å². The molecule has 2 atom stereocenters. The first-order valence-electron chi connectivity index (χ1n) is 9.40. The number of hydrogen-bond acceptors (Lipinski definition) is 2. The fourth-order valence-electron chi connectivity index (χ4n) is 4.45. The molecular formula is C21H28F2O2. The second kappa shape index (κ2) is 8.31. The zero-order valence-corrected chi connectivity index (χ0v) is 15.1. The van der Waals surface area contributed by atoms with Gasteiger partial charge in [-0.2, -0.15) is 4.39 Å². The fourth-order valence-corrected chi connectivity index (χ4v) is 4.45. The molecule has 0 N–H and O–H groups in total. The van der Waals surface area contributed by atoms with Crippen molar-refractivity contribution in [3.05, 3.63) is 41.5 Å². The topological polar surface area (TPSA) is 18.5 Å². The van der Waals surface area contributed by atoms with Crippen LogP contribution in [0.15, 0.2) is 24.3 Å². The largest absolute Gasteiger partial charge is 0.494 e. The van der Waals surface area contributed by atoms with Gasteiger partial charge in [0.2, 0.25) is 5.82 Å². The lowest BCUT2D eigenvalue weighted by Gasteiger charge is -2.37. The predicted molar refractivity (Wildman–Crippen MR) is 94.9 cm³/mol. The number of ether oxygens (including phenoxy) is 2.